The zero-order valence-corrected chi connectivity index (χ0v) is 29.3. The molecule has 2 aliphatic heterocycles. The van der Waals surface area contributed by atoms with Gasteiger partial charge in [-0.2, -0.15) is 4.98 Å². The molecule has 0 bridgehead atoms. The predicted molar refractivity (Wildman–Crippen MR) is 189 cm³/mol. The number of hydrogen-bond acceptors (Lipinski definition) is 7. The van der Waals surface area contributed by atoms with Crippen LogP contribution < -0.4 is 21.2 Å². The lowest BCUT2D eigenvalue weighted by Gasteiger charge is -2.48. The molecule has 0 aliphatic carbocycles. The standard InChI is InChI=1S/C34H34Cl3F2N7O2/c1-7-21(47)44-13-17(5)45-18(14-44)9-11-43(6)32-24-31(25(37)22(27(32)39)23-26(38)19(35)12-20(36)28(23)40)46(34(48)42-33(24)45)30-16(4)8-10-41-29(30)15(2)3/h7-8,10,12,15,17-18H,1,9,11,13-14,40H2,2-6H3. The molecule has 2 N–H and O–H groups in total. The largest absolute Gasteiger partial charge is 0.397 e. The first-order chi connectivity index (χ1) is 22.7. The molecule has 0 spiro atoms. The number of nitrogen functional groups attached to an aromatic ring is 1. The molecule has 1 amide bonds. The van der Waals surface area contributed by atoms with E-state index in [-0.39, 0.29) is 67.1 Å². The maximum Gasteiger partial charge on any atom is 0.354 e. The topological polar surface area (TPSA) is 101 Å². The van der Waals surface area contributed by atoms with E-state index in [1.54, 1.807) is 29.1 Å². The van der Waals surface area contributed by atoms with Crippen molar-refractivity contribution in [2.24, 2.45) is 0 Å². The van der Waals surface area contributed by atoms with Gasteiger partial charge in [0, 0.05) is 50.0 Å². The van der Waals surface area contributed by atoms with Crippen molar-refractivity contribution in [1.82, 2.24) is 19.4 Å². The summed E-state index contributed by atoms with van der Waals surface area (Å²) in [4.78, 5) is 41.8. The highest BCUT2D eigenvalue weighted by Crippen LogP contribution is 2.51. The number of nitrogens with two attached hydrogens (primary N) is 1. The van der Waals surface area contributed by atoms with Gasteiger partial charge in [0.05, 0.1) is 54.8 Å². The molecule has 4 heterocycles. The molecule has 2 atom stereocenters. The molecule has 2 aromatic carbocycles. The third-order valence-corrected chi connectivity index (χ3v) is 10.2. The Kier molecular flexibility index (Phi) is 8.85. The van der Waals surface area contributed by atoms with Crippen molar-refractivity contribution in [3.8, 4) is 16.8 Å². The lowest BCUT2D eigenvalue weighted by atomic mass is 9.95. The van der Waals surface area contributed by atoms with Crippen LogP contribution in [0.15, 0.2) is 35.8 Å². The maximum atomic E-state index is 17.4. The van der Waals surface area contributed by atoms with Crippen LogP contribution in [0.5, 0.6) is 0 Å². The van der Waals surface area contributed by atoms with Gasteiger partial charge in [-0.25, -0.2) is 13.6 Å². The quantitative estimate of drug-likeness (QED) is 0.136. The number of halogens is 5. The summed E-state index contributed by atoms with van der Waals surface area (Å²) >= 11 is 19.8. The van der Waals surface area contributed by atoms with Crippen LogP contribution in [0.2, 0.25) is 15.1 Å². The van der Waals surface area contributed by atoms with Crippen LogP contribution >= 0.6 is 34.8 Å². The number of benzene rings is 2. The number of anilines is 3. The van der Waals surface area contributed by atoms with Crippen molar-refractivity contribution in [3.05, 3.63) is 79.4 Å². The van der Waals surface area contributed by atoms with Crippen molar-refractivity contribution < 1.29 is 13.6 Å². The van der Waals surface area contributed by atoms with Gasteiger partial charge in [-0.15, -0.1) is 0 Å². The van der Waals surface area contributed by atoms with Crippen LogP contribution in [0.1, 0.15) is 44.4 Å². The first-order valence-electron chi connectivity index (χ1n) is 15.5. The second-order valence-corrected chi connectivity index (χ2v) is 13.8. The number of fused-ring (bicyclic) bond motifs is 2. The Morgan fingerprint density at radius 2 is 1.83 bits per heavy atom. The Labute approximate surface area is 291 Å². The normalized spacial score (nSPS) is 17.9. The number of hydrogen-bond donors (Lipinski definition) is 1. The molecule has 2 aliphatic rings. The lowest BCUT2D eigenvalue weighted by molar-refractivity contribution is -0.127. The summed E-state index contributed by atoms with van der Waals surface area (Å²) in [6.07, 6.45) is 3.40. The Morgan fingerprint density at radius 1 is 1.12 bits per heavy atom. The fourth-order valence-electron chi connectivity index (χ4n) is 7.05. The molecular formula is C34H34Cl3F2N7O2. The Hall–Kier alpha value is -3.93. The Balaban J connectivity index is 1.84. The van der Waals surface area contributed by atoms with Crippen molar-refractivity contribution in [3.63, 3.8) is 0 Å². The molecule has 1 fully saturated rings. The minimum atomic E-state index is -1.01. The van der Waals surface area contributed by atoms with Crippen LogP contribution in [0, 0.1) is 18.6 Å². The fourth-order valence-corrected chi connectivity index (χ4v) is 7.87. The summed E-state index contributed by atoms with van der Waals surface area (Å²) in [7, 11) is 1.70. The highest BCUT2D eigenvalue weighted by molar-refractivity contribution is 6.41. The molecule has 14 heteroatoms. The van der Waals surface area contributed by atoms with Gasteiger partial charge in [0.15, 0.2) is 11.6 Å². The van der Waals surface area contributed by atoms with Crippen LogP contribution in [-0.4, -0.2) is 64.1 Å². The van der Waals surface area contributed by atoms with Crippen molar-refractivity contribution >= 4 is 68.8 Å². The summed E-state index contributed by atoms with van der Waals surface area (Å²) < 4.78 is 34.6. The van der Waals surface area contributed by atoms with E-state index in [1.807, 2.05) is 32.6 Å². The van der Waals surface area contributed by atoms with E-state index in [2.05, 4.69) is 16.5 Å². The minimum absolute atomic E-state index is 0.0402. The maximum absolute atomic E-state index is 17.4. The number of nitrogens with zero attached hydrogens (tertiary/aromatic N) is 6. The smallest absolute Gasteiger partial charge is 0.354 e. The third kappa shape index (κ3) is 5.18. The molecule has 252 valence electrons. The van der Waals surface area contributed by atoms with E-state index in [0.29, 0.717) is 43.0 Å². The zero-order chi connectivity index (χ0) is 34.9. The van der Waals surface area contributed by atoms with Gasteiger partial charge in [-0.1, -0.05) is 55.2 Å². The van der Waals surface area contributed by atoms with E-state index in [4.69, 9.17) is 40.5 Å². The Bertz CT molecular complexity index is 2060. The molecule has 0 saturated carbocycles. The van der Waals surface area contributed by atoms with Crippen molar-refractivity contribution in [2.45, 2.75) is 52.1 Å². The Morgan fingerprint density at radius 3 is 2.50 bits per heavy atom. The van der Waals surface area contributed by atoms with Gasteiger partial charge in [-0.05, 0) is 50.0 Å². The van der Waals surface area contributed by atoms with Gasteiger partial charge in [0.1, 0.15) is 5.82 Å². The van der Waals surface area contributed by atoms with Gasteiger partial charge in [-0.3, -0.25) is 14.3 Å². The first kappa shape index (κ1) is 34.0. The molecule has 9 nitrogen and oxygen atoms in total. The fraction of sp³-hybridized carbons (Fsp3) is 0.353. The van der Waals surface area contributed by atoms with Gasteiger partial charge < -0.3 is 20.4 Å². The average molecular weight is 717 g/mol. The van der Waals surface area contributed by atoms with E-state index in [1.165, 1.54) is 10.6 Å². The van der Waals surface area contributed by atoms with Crippen LogP contribution in [0.4, 0.5) is 26.0 Å². The molecule has 48 heavy (non-hydrogen) atoms. The average Bonchev–Trinajstić information content (AvgIpc) is 3.03. The lowest BCUT2D eigenvalue weighted by Crippen LogP contribution is -2.60. The second-order valence-electron chi connectivity index (χ2n) is 12.7. The second kappa shape index (κ2) is 12.5. The number of carbonyl (C=O) groups excluding carboxylic acids is 1. The van der Waals surface area contributed by atoms with E-state index in [9.17, 15) is 9.59 Å². The number of rotatable bonds is 4. The predicted octanol–water partition coefficient (Wildman–Crippen LogP) is 7.13. The molecule has 4 aromatic rings. The van der Waals surface area contributed by atoms with Crippen molar-refractivity contribution in [1.29, 1.82) is 0 Å². The van der Waals surface area contributed by atoms with E-state index < -0.39 is 28.5 Å². The summed E-state index contributed by atoms with van der Waals surface area (Å²) in [5.41, 5.74) is 6.36. The summed E-state index contributed by atoms with van der Waals surface area (Å²) in [6, 6.07) is 2.28. The number of amides is 1. The van der Waals surface area contributed by atoms with Gasteiger partial charge in [0.2, 0.25) is 5.91 Å². The molecular weight excluding hydrogens is 683 g/mol. The first-order valence-corrected chi connectivity index (χ1v) is 16.6. The molecule has 2 aromatic heterocycles. The van der Waals surface area contributed by atoms with Gasteiger partial charge >= 0.3 is 5.69 Å². The number of piperazine rings is 1. The number of pyridine rings is 1. The van der Waals surface area contributed by atoms with Gasteiger partial charge in [0.25, 0.3) is 0 Å². The number of aryl methyl sites for hydroxylation is 1. The van der Waals surface area contributed by atoms with Crippen LogP contribution in [-0.2, 0) is 4.79 Å². The number of carbonyl (C=O) groups is 1. The zero-order valence-electron chi connectivity index (χ0n) is 27.0. The third-order valence-electron chi connectivity index (χ3n) is 9.25. The molecule has 2 unspecified atom stereocenters. The van der Waals surface area contributed by atoms with Crippen LogP contribution in [0.25, 0.3) is 27.7 Å². The molecule has 1 saturated heterocycles. The highest BCUT2D eigenvalue weighted by Gasteiger charge is 2.40. The monoisotopic (exact) mass is 715 g/mol. The summed E-state index contributed by atoms with van der Waals surface area (Å²) in [5.74, 6) is -2.04. The van der Waals surface area contributed by atoms with E-state index in [0.717, 1.165) is 6.07 Å². The van der Waals surface area contributed by atoms with Crippen LogP contribution in [0.3, 0.4) is 0 Å². The minimum Gasteiger partial charge on any atom is -0.397 e. The SMILES string of the molecule is C=CC(=O)N1CC(C)N2c3nc(=O)n(-c4c(C)ccnc4C(C)C)c4c(Cl)c(-c5c(N)c(Cl)cc(Cl)c5F)c(F)c(c34)N(C)CCC2C1. The molecule has 6 rings (SSSR count). The van der Waals surface area contributed by atoms with E-state index >= 15 is 8.78 Å². The molecule has 0 radical (unpaired) electrons. The summed E-state index contributed by atoms with van der Waals surface area (Å²) in [6.45, 7) is 12.2. The highest BCUT2D eigenvalue weighted by atomic mass is 35.5. The van der Waals surface area contributed by atoms with Crippen molar-refractivity contribution in [2.75, 3.05) is 42.2 Å². The number of aromatic nitrogens is 3. The summed E-state index contributed by atoms with van der Waals surface area (Å²) in [5, 5.41) is -0.511.